The molecule has 1 aromatic rings. The first-order valence-corrected chi connectivity index (χ1v) is 7.15. The highest BCUT2D eigenvalue weighted by Gasteiger charge is 2.47. The van der Waals surface area contributed by atoms with Gasteiger partial charge in [-0.2, -0.15) is 0 Å². The Morgan fingerprint density at radius 3 is 2.61 bits per heavy atom. The van der Waals surface area contributed by atoms with Gasteiger partial charge in [-0.05, 0) is 0 Å². The van der Waals surface area contributed by atoms with Crippen LogP contribution < -0.4 is 11.2 Å². The van der Waals surface area contributed by atoms with E-state index in [0.29, 0.717) is 0 Å². The number of nitrogens with zero attached hydrogens (tertiary/aromatic N) is 1. The van der Waals surface area contributed by atoms with Gasteiger partial charge in [-0.3, -0.25) is 23.9 Å². The summed E-state index contributed by atoms with van der Waals surface area (Å²) in [6.07, 6.45) is -1.53. The zero-order chi connectivity index (χ0) is 17.1. The second-order valence-electron chi connectivity index (χ2n) is 4.90. The molecule has 1 saturated heterocycles. The second kappa shape index (κ2) is 6.97. The van der Waals surface area contributed by atoms with Gasteiger partial charge in [0.2, 0.25) is 0 Å². The van der Waals surface area contributed by atoms with Crippen molar-refractivity contribution in [3.8, 4) is 0 Å². The lowest BCUT2D eigenvalue weighted by molar-refractivity contribution is -0.155. The number of halogens is 1. The molecule has 0 aromatic carbocycles. The predicted octanol–water partition coefficient (Wildman–Crippen LogP) is -0.464. The number of aromatic amines is 1. The van der Waals surface area contributed by atoms with E-state index >= 15 is 0 Å². The number of hydrogen-bond donors (Lipinski definition) is 1. The van der Waals surface area contributed by atoms with Crippen LogP contribution in [0.15, 0.2) is 21.9 Å². The summed E-state index contributed by atoms with van der Waals surface area (Å²) < 4.78 is 16.6. The lowest BCUT2D eigenvalue weighted by atomic mass is 10.1. The molecular weight excluding hydrogens is 332 g/mol. The van der Waals surface area contributed by atoms with E-state index in [1.165, 1.54) is 20.0 Å². The highest BCUT2D eigenvalue weighted by atomic mass is 35.5. The molecule has 1 aliphatic rings. The van der Waals surface area contributed by atoms with Crippen molar-refractivity contribution in [3.63, 3.8) is 0 Å². The number of carbonyl (C=O) groups is 2. The summed E-state index contributed by atoms with van der Waals surface area (Å²) in [5.41, 5.74) is -1.29. The highest BCUT2D eigenvalue weighted by molar-refractivity contribution is 6.21. The molecule has 0 amide bonds. The summed E-state index contributed by atoms with van der Waals surface area (Å²) in [5.74, 6) is -1.13. The topological polar surface area (TPSA) is 117 Å². The largest absolute Gasteiger partial charge is 0.463 e. The molecule has 1 fully saturated rings. The average molecular weight is 347 g/mol. The van der Waals surface area contributed by atoms with Crippen LogP contribution in [0.25, 0.3) is 0 Å². The fourth-order valence-electron chi connectivity index (χ4n) is 2.21. The predicted molar refractivity (Wildman–Crippen MR) is 77.1 cm³/mol. The monoisotopic (exact) mass is 346 g/mol. The Bertz CT molecular complexity index is 713. The quantitative estimate of drug-likeness (QED) is 0.579. The van der Waals surface area contributed by atoms with E-state index in [2.05, 4.69) is 4.98 Å². The third-order valence-electron chi connectivity index (χ3n) is 3.15. The lowest BCUT2D eigenvalue weighted by Gasteiger charge is -2.19. The van der Waals surface area contributed by atoms with Gasteiger partial charge in [0.1, 0.15) is 18.1 Å². The molecule has 1 N–H and O–H groups in total. The van der Waals surface area contributed by atoms with Crippen molar-refractivity contribution in [3.05, 3.63) is 33.1 Å². The molecule has 0 bridgehead atoms. The van der Waals surface area contributed by atoms with Crippen LogP contribution in [0.5, 0.6) is 0 Å². The number of rotatable bonds is 4. The molecule has 4 atom stereocenters. The molecule has 0 aliphatic carbocycles. The minimum atomic E-state index is -0.995. The van der Waals surface area contributed by atoms with Gasteiger partial charge in [-0.1, -0.05) is 0 Å². The molecule has 1 aromatic heterocycles. The first-order chi connectivity index (χ1) is 10.8. The van der Waals surface area contributed by atoms with Crippen LogP contribution >= 0.6 is 11.6 Å². The van der Waals surface area contributed by atoms with Crippen molar-refractivity contribution >= 4 is 23.5 Å². The van der Waals surface area contributed by atoms with Crippen LogP contribution in [0.1, 0.15) is 20.1 Å². The molecule has 23 heavy (non-hydrogen) atoms. The van der Waals surface area contributed by atoms with Crippen LogP contribution in [-0.2, 0) is 23.8 Å². The van der Waals surface area contributed by atoms with E-state index in [1.807, 2.05) is 0 Å². The van der Waals surface area contributed by atoms with Gasteiger partial charge < -0.3 is 14.2 Å². The maximum absolute atomic E-state index is 11.8. The Kier molecular flexibility index (Phi) is 5.22. The van der Waals surface area contributed by atoms with Crippen LogP contribution in [0, 0.1) is 0 Å². The number of esters is 2. The zero-order valence-corrected chi connectivity index (χ0v) is 13.1. The summed E-state index contributed by atoms with van der Waals surface area (Å²) in [4.78, 5) is 47.2. The van der Waals surface area contributed by atoms with Crippen molar-refractivity contribution < 1.29 is 23.8 Å². The molecule has 9 nitrogen and oxygen atoms in total. The van der Waals surface area contributed by atoms with E-state index < -0.39 is 47.0 Å². The van der Waals surface area contributed by atoms with Gasteiger partial charge in [0, 0.05) is 26.1 Å². The van der Waals surface area contributed by atoms with Crippen molar-refractivity contribution in [2.45, 2.75) is 37.7 Å². The summed E-state index contributed by atoms with van der Waals surface area (Å²) in [5, 5.41) is -0.914. The fraction of sp³-hybridized carbons (Fsp3) is 0.538. The van der Waals surface area contributed by atoms with E-state index in [-0.39, 0.29) is 6.61 Å². The van der Waals surface area contributed by atoms with Gasteiger partial charge >= 0.3 is 17.6 Å². The minimum absolute atomic E-state index is 0.189. The number of nitrogens with one attached hydrogen (secondary N) is 1. The van der Waals surface area contributed by atoms with E-state index in [9.17, 15) is 19.2 Å². The third kappa shape index (κ3) is 3.99. The number of H-pyrrole nitrogens is 1. The Morgan fingerprint density at radius 2 is 2.04 bits per heavy atom. The average Bonchev–Trinajstić information content (AvgIpc) is 2.73. The number of alkyl halides is 1. The van der Waals surface area contributed by atoms with Crippen LogP contribution in [-0.4, -0.2) is 45.7 Å². The number of hydrogen-bond acceptors (Lipinski definition) is 7. The van der Waals surface area contributed by atoms with Crippen LogP contribution in [0.3, 0.4) is 0 Å². The summed E-state index contributed by atoms with van der Waals surface area (Å²) in [7, 11) is 0. The second-order valence-corrected chi connectivity index (χ2v) is 5.41. The standard InChI is InChI=1S/C13H15ClN2O7/c1-6(17)21-5-8-11(22-7(2)18)10(14)12(23-8)16-4-3-9(19)15-13(16)20/h3-4,8,10-12H,5H2,1-2H3,(H,15,19,20). The van der Waals surface area contributed by atoms with Gasteiger partial charge in [0.15, 0.2) is 12.3 Å². The number of carbonyl (C=O) groups excluding carboxylic acids is 2. The van der Waals surface area contributed by atoms with Crippen molar-refractivity contribution in [2.75, 3.05) is 6.61 Å². The van der Waals surface area contributed by atoms with Crippen molar-refractivity contribution in [1.82, 2.24) is 9.55 Å². The zero-order valence-electron chi connectivity index (χ0n) is 12.4. The Balaban J connectivity index is 2.27. The summed E-state index contributed by atoms with van der Waals surface area (Å²) in [6, 6.07) is 1.13. The first-order valence-electron chi connectivity index (χ1n) is 6.71. The highest BCUT2D eigenvalue weighted by Crippen LogP contribution is 2.34. The van der Waals surface area contributed by atoms with Crippen LogP contribution in [0.2, 0.25) is 0 Å². The summed E-state index contributed by atoms with van der Waals surface area (Å²) in [6.45, 7) is 2.23. The van der Waals surface area contributed by atoms with Gasteiger partial charge in [0.05, 0.1) is 0 Å². The minimum Gasteiger partial charge on any atom is -0.463 e. The first kappa shape index (κ1) is 17.2. The lowest BCUT2D eigenvalue weighted by Crippen LogP contribution is -2.37. The molecular formula is C13H15ClN2O7. The maximum atomic E-state index is 11.8. The normalized spacial score (nSPS) is 26.7. The molecule has 10 heteroatoms. The maximum Gasteiger partial charge on any atom is 0.330 e. The smallest absolute Gasteiger partial charge is 0.330 e. The molecule has 2 heterocycles. The molecule has 126 valence electrons. The van der Waals surface area contributed by atoms with E-state index in [1.54, 1.807) is 0 Å². The van der Waals surface area contributed by atoms with Gasteiger partial charge in [-0.15, -0.1) is 11.6 Å². The molecule has 0 radical (unpaired) electrons. The van der Waals surface area contributed by atoms with E-state index in [0.717, 1.165) is 10.6 Å². The molecule has 0 spiro atoms. The molecule has 2 rings (SSSR count). The number of aromatic nitrogens is 2. The fourth-order valence-corrected chi connectivity index (χ4v) is 2.61. The summed E-state index contributed by atoms with van der Waals surface area (Å²) >= 11 is 6.25. The van der Waals surface area contributed by atoms with Gasteiger partial charge in [0.25, 0.3) is 5.56 Å². The van der Waals surface area contributed by atoms with Crippen molar-refractivity contribution in [2.24, 2.45) is 0 Å². The van der Waals surface area contributed by atoms with E-state index in [4.69, 9.17) is 25.8 Å². The number of ether oxygens (including phenoxy) is 3. The SMILES string of the molecule is CC(=O)OCC1OC(n2ccc(=O)[nH]c2=O)C(Cl)C1OC(C)=O. The molecule has 0 saturated carbocycles. The van der Waals surface area contributed by atoms with Gasteiger partial charge in [-0.25, -0.2) is 4.79 Å². The Morgan fingerprint density at radius 1 is 1.35 bits per heavy atom. The molecule has 4 unspecified atom stereocenters. The van der Waals surface area contributed by atoms with Crippen molar-refractivity contribution in [1.29, 1.82) is 0 Å². The Hall–Kier alpha value is -2.13. The third-order valence-corrected chi connectivity index (χ3v) is 3.61. The Labute approximate surface area is 135 Å². The van der Waals surface area contributed by atoms with Crippen LogP contribution in [0.4, 0.5) is 0 Å². The molecule has 1 aliphatic heterocycles.